The third kappa shape index (κ3) is 4.79. The van der Waals surface area contributed by atoms with Gasteiger partial charge in [0.25, 0.3) is 0 Å². The molecule has 3 rings (SSSR count). The van der Waals surface area contributed by atoms with Crippen molar-refractivity contribution in [2.75, 3.05) is 23.7 Å². The minimum Gasteiger partial charge on any atom is -0.323 e. The number of rotatable bonds is 5. The number of amides is 2. The molecule has 1 aromatic carbocycles. The van der Waals surface area contributed by atoms with Gasteiger partial charge in [0.2, 0.25) is 11.8 Å². The molecule has 140 valence electrons. The normalized spacial score (nSPS) is 16.7. The molecule has 2 N–H and O–H groups in total. The maximum absolute atomic E-state index is 12.6. The fraction of sp³-hybridized carbons (Fsp3) is 0.278. The highest BCUT2D eigenvalue weighted by Crippen LogP contribution is 2.27. The molecule has 2 aromatic rings. The Morgan fingerprint density at radius 1 is 1.30 bits per heavy atom. The lowest BCUT2D eigenvalue weighted by molar-refractivity contribution is -0.122. The first kappa shape index (κ1) is 19.6. The van der Waals surface area contributed by atoms with E-state index >= 15 is 0 Å². The van der Waals surface area contributed by atoms with E-state index in [0.717, 1.165) is 6.42 Å². The van der Waals surface area contributed by atoms with Gasteiger partial charge in [-0.2, -0.15) is 5.26 Å². The number of carbonyl (C=O) groups excluding carboxylic acids is 2. The van der Waals surface area contributed by atoms with Gasteiger partial charge in [0.15, 0.2) is 0 Å². The molecule has 0 aliphatic carbocycles. The van der Waals surface area contributed by atoms with Crippen LogP contribution in [-0.4, -0.2) is 35.8 Å². The van der Waals surface area contributed by atoms with E-state index in [1.54, 1.807) is 29.6 Å². The molecule has 0 unspecified atom stereocenters. The van der Waals surface area contributed by atoms with E-state index in [1.165, 1.54) is 11.3 Å². The Morgan fingerprint density at radius 3 is 2.85 bits per heavy atom. The van der Waals surface area contributed by atoms with Gasteiger partial charge < -0.3 is 10.6 Å². The molecule has 0 spiro atoms. The molecule has 2 heterocycles. The van der Waals surface area contributed by atoms with Gasteiger partial charge in [0.1, 0.15) is 11.1 Å². The highest BCUT2D eigenvalue weighted by Gasteiger charge is 2.32. The Balaban J connectivity index is 1.62. The quantitative estimate of drug-likeness (QED) is 0.762. The van der Waals surface area contributed by atoms with Crippen molar-refractivity contribution in [3.8, 4) is 6.07 Å². The van der Waals surface area contributed by atoms with Crippen molar-refractivity contribution in [2.45, 2.75) is 18.9 Å². The smallest absolute Gasteiger partial charge is 0.241 e. The van der Waals surface area contributed by atoms with E-state index in [9.17, 15) is 9.59 Å². The van der Waals surface area contributed by atoms with E-state index in [4.69, 9.17) is 28.5 Å². The minimum atomic E-state index is -0.415. The Kier molecular flexibility index (Phi) is 6.34. The van der Waals surface area contributed by atoms with Crippen molar-refractivity contribution in [1.82, 2.24) is 4.90 Å². The first-order chi connectivity index (χ1) is 13.0. The Bertz CT molecular complexity index is 909. The summed E-state index contributed by atoms with van der Waals surface area (Å²) in [5.74, 6) is -0.462. The van der Waals surface area contributed by atoms with Gasteiger partial charge in [-0.15, -0.1) is 11.3 Å². The third-order valence-corrected chi connectivity index (χ3v) is 5.62. The van der Waals surface area contributed by atoms with Crippen molar-refractivity contribution < 1.29 is 9.59 Å². The van der Waals surface area contributed by atoms with Crippen molar-refractivity contribution in [3.63, 3.8) is 0 Å². The maximum atomic E-state index is 12.6. The number of carbonyl (C=O) groups is 2. The SMILES string of the molecule is N#Cc1ccsc1NC(=O)CN1CCC[C@H]1C(=O)Nc1ccc(Cl)cc1Cl. The summed E-state index contributed by atoms with van der Waals surface area (Å²) >= 11 is 13.3. The van der Waals surface area contributed by atoms with E-state index in [2.05, 4.69) is 10.6 Å². The van der Waals surface area contributed by atoms with E-state index in [0.29, 0.717) is 39.3 Å². The van der Waals surface area contributed by atoms with Crippen LogP contribution in [0.5, 0.6) is 0 Å². The topological polar surface area (TPSA) is 85.2 Å². The Morgan fingerprint density at radius 2 is 2.11 bits per heavy atom. The van der Waals surface area contributed by atoms with Gasteiger partial charge in [-0.3, -0.25) is 14.5 Å². The molecule has 27 heavy (non-hydrogen) atoms. The molecule has 0 radical (unpaired) electrons. The number of hydrogen-bond acceptors (Lipinski definition) is 5. The van der Waals surface area contributed by atoms with Crippen LogP contribution in [0.1, 0.15) is 18.4 Å². The standard InChI is InChI=1S/C18H16Cl2N4O2S/c19-12-3-4-14(13(20)8-12)22-17(26)15-2-1-6-24(15)10-16(25)23-18-11(9-21)5-7-27-18/h3-5,7-8,15H,1-2,6,10H2,(H,22,26)(H,23,25)/t15-/m0/s1. The summed E-state index contributed by atoms with van der Waals surface area (Å²) in [7, 11) is 0. The van der Waals surface area contributed by atoms with Gasteiger partial charge in [-0.1, -0.05) is 23.2 Å². The van der Waals surface area contributed by atoms with Crippen LogP contribution in [0.3, 0.4) is 0 Å². The second-order valence-corrected chi connectivity index (χ2v) is 7.83. The summed E-state index contributed by atoms with van der Waals surface area (Å²) < 4.78 is 0. The van der Waals surface area contributed by atoms with Gasteiger partial charge in [0, 0.05) is 5.02 Å². The number of nitrogens with one attached hydrogen (secondary N) is 2. The lowest BCUT2D eigenvalue weighted by atomic mass is 10.2. The second-order valence-electron chi connectivity index (χ2n) is 6.07. The summed E-state index contributed by atoms with van der Waals surface area (Å²) in [6.07, 6.45) is 1.48. The highest BCUT2D eigenvalue weighted by atomic mass is 35.5. The summed E-state index contributed by atoms with van der Waals surface area (Å²) in [5, 5.41) is 17.7. The van der Waals surface area contributed by atoms with Gasteiger partial charge in [0.05, 0.1) is 28.9 Å². The second kappa shape index (κ2) is 8.72. The fourth-order valence-corrected chi connectivity index (χ4v) is 4.17. The van der Waals surface area contributed by atoms with Crippen molar-refractivity contribution in [2.24, 2.45) is 0 Å². The Labute approximate surface area is 170 Å². The predicted octanol–water partition coefficient (Wildman–Crippen LogP) is 3.97. The number of nitriles is 1. The first-order valence-corrected chi connectivity index (χ1v) is 9.89. The molecule has 6 nitrogen and oxygen atoms in total. The van der Waals surface area contributed by atoms with Crippen LogP contribution in [-0.2, 0) is 9.59 Å². The molecular formula is C18H16Cl2N4O2S. The molecule has 1 aliphatic heterocycles. The summed E-state index contributed by atoms with van der Waals surface area (Å²) in [6.45, 7) is 0.727. The molecule has 2 amide bonds. The average molecular weight is 423 g/mol. The molecule has 9 heteroatoms. The van der Waals surface area contributed by atoms with E-state index in [1.807, 2.05) is 11.0 Å². The number of thiophene rings is 1. The summed E-state index contributed by atoms with van der Waals surface area (Å²) in [4.78, 5) is 26.8. The van der Waals surface area contributed by atoms with Gasteiger partial charge >= 0.3 is 0 Å². The first-order valence-electron chi connectivity index (χ1n) is 8.25. The fourth-order valence-electron chi connectivity index (χ4n) is 2.96. The van der Waals surface area contributed by atoms with Crippen LogP contribution in [0.4, 0.5) is 10.7 Å². The van der Waals surface area contributed by atoms with Crippen molar-refractivity contribution in [3.05, 3.63) is 45.3 Å². The molecular weight excluding hydrogens is 407 g/mol. The van der Waals surface area contributed by atoms with Crippen LogP contribution in [0.25, 0.3) is 0 Å². The van der Waals surface area contributed by atoms with E-state index < -0.39 is 6.04 Å². The summed E-state index contributed by atoms with van der Waals surface area (Å²) in [5.41, 5.74) is 0.918. The zero-order valence-electron chi connectivity index (χ0n) is 14.2. The molecule has 1 fully saturated rings. The number of nitrogens with zero attached hydrogens (tertiary/aromatic N) is 2. The Hall–Kier alpha value is -2.11. The number of halogens is 2. The highest BCUT2D eigenvalue weighted by molar-refractivity contribution is 7.14. The van der Waals surface area contributed by atoms with Gasteiger partial charge in [-0.25, -0.2) is 0 Å². The number of anilines is 2. The van der Waals surface area contributed by atoms with E-state index in [-0.39, 0.29) is 18.4 Å². The molecule has 1 aliphatic rings. The van der Waals surface area contributed by atoms with Crippen LogP contribution < -0.4 is 10.6 Å². The summed E-state index contributed by atoms with van der Waals surface area (Å²) in [6, 6.07) is 8.13. The molecule has 1 saturated heterocycles. The maximum Gasteiger partial charge on any atom is 0.241 e. The van der Waals surface area contributed by atoms with Gasteiger partial charge in [-0.05, 0) is 49.0 Å². The minimum absolute atomic E-state index is 0.0786. The largest absolute Gasteiger partial charge is 0.323 e. The zero-order valence-corrected chi connectivity index (χ0v) is 16.5. The average Bonchev–Trinajstić information content (AvgIpc) is 3.26. The lowest BCUT2D eigenvalue weighted by Gasteiger charge is -2.23. The molecule has 1 aromatic heterocycles. The van der Waals surface area contributed by atoms with Crippen molar-refractivity contribution in [1.29, 1.82) is 5.26 Å². The number of hydrogen-bond donors (Lipinski definition) is 2. The van der Waals surface area contributed by atoms with Crippen LogP contribution in [0.15, 0.2) is 29.6 Å². The number of benzene rings is 1. The number of likely N-dealkylation sites (tertiary alicyclic amines) is 1. The molecule has 0 saturated carbocycles. The van der Waals surface area contributed by atoms with Crippen LogP contribution >= 0.6 is 34.5 Å². The van der Waals surface area contributed by atoms with Crippen LogP contribution in [0.2, 0.25) is 10.0 Å². The lowest BCUT2D eigenvalue weighted by Crippen LogP contribution is -2.43. The third-order valence-electron chi connectivity index (χ3n) is 4.24. The molecule has 1 atom stereocenters. The molecule has 0 bridgehead atoms. The predicted molar refractivity (Wildman–Crippen MR) is 107 cm³/mol. The van der Waals surface area contributed by atoms with Crippen molar-refractivity contribution >= 4 is 57.0 Å². The monoisotopic (exact) mass is 422 g/mol. The zero-order chi connectivity index (χ0) is 19.4. The van der Waals surface area contributed by atoms with Crippen LogP contribution in [0, 0.1) is 11.3 Å².